The zero-order chi connectivity index (χ0) is 15.3. The Hall–Kier alpha value is -1.55. The zero-order valence-electron chi connectivity index (χ0n) is 12.4. The second-order valence-corrected chi connectivity index (χ2v) is 5.11. The largest absolute Gasteiger partial charge is 0.347 e. The highest BCUT2D eigenvalue weighted by Gasteiger charge is 2.22. The van der Waals surface area contributed by atoms with Crippen molar-refractivity contribution in [1.29, 1.82) is 0 Å². The SMILES string of the molecule is CCc1cccc(C)c1N(CC(=O)N(C)C)C(=O)CCl. The summed E-state index contributed by atoms with van der Waals surface area (Å²) >= 11 is 5.69. The smallest absolute Gasteiger partial charge is 0.242 e. The van der Waals surface area contributed by atoms with Gasteiger partial charge in [-0.1, -0.05) is 25.1 Å². The van der Waals surface area contributed by atoms with Crippen molar-refractivity contribution in [1.82, 2.24) is 4.90 Å². The molecule has 1 aromatic rings. The first-order valence-electron chi connectivity index (χ1n) is 6.57. The summed E-state index contributed by atoms with van der Waals surface area (Å²) < 4.78 is 0. The predicted octanol–water partition coefficient (Wildman–Crippen LogP) is 2.22. The minimum Gasteiger partial charge on any atom is -0.347 e. The van der Waals surface area contributed by atoms with E-state index < -0.39 is 0 Å². The maximum Gasteiger partial charge on any atom is 0.242 e. The number of carbonyl (C=O) groups excluding carboxylic acids is 2. The molecule has 0 saturated heterocycles. The molecule has 0 radical (unpaired) electrons. The average molecular weight is 297 g/mol. The maximum atomic E-state index is 12.1. The van der Waals surface area contributed by atoms with Crippen molar-refractivity contribution in [2.24, 2.45) is 0 Å². The number of nitrogens with zero attached hydrogens (tertiary/aromatic N) is 2. The van der Waals surface area contributed by atoms with E-state index in [4.69, 9.17) is 11.6 Å². The van der Waals surface area contributed by atoms with Crippen LogP contribution >= 0.6 is 11.6 Å². The molecular formula is C15H21ClN2O2. The van der Waals surface area contributed by atoms with E-state index in [1.54, 1.807) is 14.1 Å². The van der Waals surface area contributed by atoms with Crippen LogP contribution in [0.3, 0.4) is 0 Å². The molecule has 5 heteroatoms. The molecule has 0 fully saturated rings. The Morgan fingerprint density at radius 3 is 2.35 bits per heavy atom. The molecule has 1 aromatic carbocycles. The number of hydrogen-bond donors (Lipinski definition) is 0. The Balaban J connectivity index is 3.24. The number of halogens is 1. The summed E-state index contributed by atoms with van der Waals surface area (Å²) in [5.41, 5.74) is 2.81. The zero-order valence-corrected chi connectivity index (χ0v) is 13.2. The number of aryl methyl sites for hydroxylation is 2. The highest BCUT2D eigenvalue weighted by atomic mass is 35.5. The second kappa shape index (κ2) is 7.29. The van der Waals surface area contributed by atoms with Crippen LogP contribution in [0.1, 0.15) is 18.1 Å². The van der Waals surface area contributed by atoms with Gasteiger partial charge in [0.15, 0.2) is 0 Å². The van der Waals surface area contributed by atoms with Crippen LogP contribution in [0.25, 0.3) is 0 Å². The first kappa shape index (κ1) is 16.5. The fourth-order valence-corrected chi connectivity index (χ4v) is 2.18. The lowest BCUT2D eigenvalue weighted by molar-refractivity contribution is -0.128. The van der Waals surface area contributed by atoms with Crippen molar-refractivity contribution in [2.75, 3.05) is 31.4 Å². The molecule has 0 aliphatic rings. The van der Waals surface area contributed by atoms with Gasteiger partial charge in [0, 0.05) is 14.1 Å². The van der Waals surface area contributed by atoms with Crippen LogP contribution in [-0.2, 0) is 16.0 Å². The molecule has 0 bridgehead atoms. The quantitative estimate of drug-likeness (QED) is 0.782. The monoisotopic (exact) mass is 296 g/mol. The minimum atomic E-state index is -0.258. The first-order chi connectivity index (χ1) is 9.42. The number of amides is 2. The fraction of sp³-hybridized carbons (Fsp3) is 0.467. The summed E-state index contributed by atoms with van der Waals surface area (Å²) in [6, 6.07) is 5.86. The van der Waals surface area contributed by atoms with Gasteiger partial charge in [-0.25, -0.2) is 0 Å². The molecule has 2 amide bonds. The van der Waals surface area contributed by atoms with Crippen LogP contribution in [0.5, 0.6) is 0 Å². The summed E-state index contributed by atoms with van der Waals surface area (Å²) in [6.07, 6.45) is 0.791. The molecular weight excluding hydrogens is 276 g/mol. The molecule has 0 aliphatic carbocycles. The van der Waals surface area contributed by atoms with Crippen molar-refractivity contribution in [2.45, 2.75) is 20.3 Å². The third-order valence-electron chi connectivity index (χ3n) is 3.18. The van der Waals surface area contributed by atoms with E-state index in [0.717, 1.165) is 23.2 Å². The van der Waals surface area contributed by atoms with Crippen LogP contribution < -0.4 is 4.90 Å². The van der Waals surface area contributed by atoms with Gasteiger partial charge in [-0.15, -0.1) is 11.6 Å². The van der Waals surface area contributed by atoms with Crippen LogP contribution in [-0.4, -0.2) is 43.2 Å². The van der Waals surface area contributed by atoms with E-state index in [-0.39, 0.29) is 24.2 Å². The maximum absolute atomic E-state index is 12.1. The van der Waals surface area contributed by atoms with Gasteiger partial charge < -0.3 is 9.80 Å². The van der Waals surface area contributed by atoms with Gasteiger partial charge in [0.1, 0.15) is 12.4 Å². The highest BCUT2D eigenvalue weighted by molar-refractivity contribution is 6.29. The van der Waals surface area contributed by atoms with Gasteiger partial charge >= 0.3 is 0 Å². The van der Waals surface area contributed by atoms with Gasteiger partial charge in [-0.3, -0.25) is 9.59 Å². The average Bonchev–Trinajstić information content (AvgIpc) is 2.43. The molecule has 4 nitrogen and oxygen atoms in total. The van der Waals surface area contributed by atoms with E-state index in [1.165, 1.54) is 9.80 Å². The van der Waals surface area contributed by atoms with E-state index in [0.29, 0.717) is 0 Å². The summed E-state index contributed by atoms with van der Waals surface area (Å²) in [6.45, 7) is 3.97. The van der Waals surface area contributed by atoms with E-state index >= 15 is 0 Å². The summed E-state index contributed by atoms with van der Waals surface area (Å²) in [4.78, 5) is 27.0. The van der Waals surface area contributed by atoms with Crippen molar-refractivity contribution in [3.05, 3.63) is 29.3 Å². The van der Waals surface area contributed by atoms with Crippen LogP contribution in [0.15, 0.2) is 18.2 Å². The number of anilines is 1. The molecule has 0 atom stereocenters. The molecule has 0 unspecified atom stereocenters. The molecule has 0 aliphatic heterocycles. The molecule has 0 spiro atoms. The normalized spacial score (nSPS) is 10.2. The number of hydrogen-bond acceptors (Lipinski definition) is 2. The Labute approximate surface area is 125 Å². The lowest BCUT2D eigenvalue weighted by Crippen LogP contribution is -2.41. The van der Waals surface area contributed by atoms with E-state index in [9.17, 15) is 9.59 Å². The second-order valence-electron chi connectivity index (χ2n) is 4.84. The van der Waals surface area contributed by atoms with E-state index in [2.05, 4.69) is 0 Å². The molecule has 0 saturated carbocycles. The van der Waals surface area contributed by atoms with Crippen LogP contribution in [0.4, 0.5) is 5.69 Å². The number of carbonyl (C=O) groups is 2. The number of benzene rings is 1. The lowest BCUT2D eigenvalue weighted by atomic mass is 10.0. The molecule has 0 aromatic heterocycles. The summed E-state index contributed by atoms with van der Waals surface area (Å²) in [5.74, 6) is -0.530. The van der Waals surface area contributed by atoms with E-state index in [1.807, 2.05) is 32.0 Å². The van der Waals surface area contributed by atoms with Gasteiger partial charge in [0.25, 0.3) is 0 Å². The molecule has 0 heterocycles. The van der Waals surface area contributed by atoms with Crippen LogP contribution in [0.2, 0.25) is 0 Å². The van der Waals surface area contributed by atoms with Crippen molar-refractivity contribution < 1.29 is 9.59 Å². The number of alkyl halides is 1. The Morgan fingerprint density at radius 1 is 1.20 bits per heavy atom. The first-order valence-corrected chi connectivity index (χ1v) is 7.10. The number of para-hydroxylation sites is 1. The standard InChI is InChI=1S/C15H21ClN2O2/c1-5-12-8-6-7-11(2)15(12)18(13(19)9-16)10-14(20)17(3)4/h6-8H,5,9-10H2,1-4H3. The highest BCUT2D eigenvalue weighted by Crippen LogP contribution is 2.26. The fourth-order valence-electron chi connectivity index (χ4n) is 2.03. The summed E-state index contributed by atoms with van der Waals surface area (Å²) in [7, 11) is 3.34. The van der Waals surface area contributed by atoms with Gasteiger partial charge in [0.2, 0.25) is 11.8 Å². The minimum absolute atomic E-state index is 0.0103. The molecule has 1 rings (SSSR count). The third-order valence-corrected chi connectivity index (χ3v) is 3.41. The number of likely N-dealkylation sites (N-methyl/N-ethyl adjacent to an activating group) is 1. The Bertz CT molecular complexity index is 501. The Morgan fingerprint density at radius 2 is 1.85 bits per heavy atom. The molecule has 110 valence electrons. The molecule has 0 N–H and O–H groups in total. The predicted molar refractivity (Wildman–Crippen MR) is 82.3 cm³/mol. The van der Waals surface area contributed by atoms with Crippen molar-refractivity contribution >= 4 is 29.1 Å². The van der Waals surface area contributed by atoms with Gasteiger partial charge in [0.05, 0.1) is 5.69 Å². The van der Waals surface area contributed by atoms with Crippen molar-refractivity contribution in [3.8, 4) is 0 Å². The van der Waals surface area contributed by atoms with Crippen molar-refractivity contribution in [3.63, 3.8) is 0 Å². The third kappa shape index (κ3) is 3.73. The summed E-state index contributed by atoms with van der Waals surface area (Å²) in [5, 5.41) is 0. The van der Waals surface area contributed by atoms with Gasteiger partial charge in [-0.05, 0) is 24.5 Å². The van der Waals surface area contributed by atoms with Gasteiger partial charge in [-0.2, -0.15) is 0 Å². The topological polar surface area (TPSA) is 40.6 Å². The lowest BCUT2D eigenvalue weighted by Gasteiger charge is -2.27. The van der Waals surface area contributed by atoms with Crippen LogP contribution in [0, 0.1) is 6.92 Å². The number of rotatable bonds is 5. The molecule has 20 heavy (non-hydrogen) atoms. The Kier molecular flexibility index (Phi) is 6.02.